The van der Waals surface area contributed by atoms with Crippen LogP contribution >= 0.6 is 0 Å². The molecule has 0 spiro atoms. The summed E-state index contributed by atoms with van der Waals surface area (Å²) in [7, 11) is 2.17. The van der Waals surface area contributed by atoms with Crippen molar-refractivity contribution in [2.75, 3.05) is 46.3 Å². The van der Waals surface area contributed by atoms with Crippen LogP contribution < -0.4 is 4.74 Å². The van der Waals surface area contributed by atoms with E-state index in [1.165, 1.54) is 5.56 Å². The highest BCUT2D eigenvalue weighted by Crippen LogP contribution is 2.20. The zero-order chi connectivity index (χ0) is 18.6. The lowest BCUT2D eigenvalue weighted by atomic mass is 10.1. The highest BCUT2D eigenvalue weighted by molar-refractivity contribution is 5.94. The maximum Gasteiger partial charge on any atom is 0.254 e. The van der Waals surface area contributed by atoms with Crippen molar-refractivity contribution in [1.29, 1.82) is 0 Å². The molecule has 0 unspecified atom stereocenters. The average Bonchev–Trinajstić information content (AvgIpc) is 2.67. The number of hydrogen-bond donors (Lipinski definition) is 0. The predicted octanol–water partition coefficient (Wildman–Crippen LogP) is 2.34. The van der Waals surface area contributed by atoms with E-state index in [9.17, 15) is 4.79 Å². The molecule has 142 valence electrons. The summed E-state index contributed by atoms with van der Waals surface area (Å²) in [6, 6.07) is 17.9. The van der Waals surface area contributed by atoms with Gasteiger partial charge in [-0.1, -0.05) is 30.3 Å². The minimum absolute atomic E-state index is 0.0906. The van der Waals surface area contributed by atoms with Crippen LogP contribution in [0.1, 0.15) is 15.9 Å². The first-order valence-electron chi connectivity index (χ1n) is 9.68. The van der Waals surface area contributed by atoms with Crippen molar-refractivity contribution in [3.63, 3.8) is 0 Å². The van der Waals surface area contributed by atoms with E-state index in [1.807, 2.05) is 47.4 Å². The molecule has 27 heavy (non-hydrogen) atoms. The number of hydrogen-bond acceptors (Lipinski definition) is 4. The molecule has 4 rings (SSSR count). The van der Waals surface area contributed by atoms with E-state index < -0.39 is 0 Å². The smallest absolute Gasteiger partial charge is 0.254 e. The van der Waals surface area contributed by atoms with Crippen molar-refractivity contribution >= 4 is 5.91 Å². The Balaban J connectivity index is 1.26. The number of amides is 1. The molecule has 2 saturated heterocycles. The molecule has 0 N–H and O–H groups in total. The van der Waals surface area contributed by atoms with E-state index in [2.05, 4.69) is 29.0 Å². The van der Waals surface area contributed by atoms with Gasteiger partial charge in [-0.2, -0.15) is 0 Å². The largest absolute Gasteiger partial charge is 0.487 e. The number of carbonyl (C=O) groups excluding carboxylic acids is 1. The fourth-order valence-corrected chi connectivity index (χ4v) is 3.57. The van der Waals surface area contributed by atoms with Crippen LogP contribution in [0.5, 0.6) is 5.75 Å². The third kappa shape index (κ3) is 4.49. The summed E-state index contributed by atoms with van der Waals surface area (Å²) >= 11 is 0. The molecule has 0 aromatic heterocycles. The van der Waals surface area contributed by atoms with Gasteiger partial charge >= 0.3 is 0 Å². The lowest BCUT2D eigenvalue weighted by molar-refractivity contribution is 0.0178. The fourth-order valence-electron chi connectivity index (χ4n) is 3.57. The second-order valence-electron chi connectivity index (χ2n) is 7.54. The van der Waals surface area contributed by atoms with Crippen LogP contribution in [0.4, 0.5) is 0 Å². The molecule has 0 atom stereocenters. The summed E-state index contributed by atoms with van der Waals surface area (Å²) in [5.41, 5.74) is 2.03. The number of likely N-dealkylation sites (N-methyl/N-ethyl adjacent to an activating group) is 1. The maximum atomic E-state index is 12.6. The quantitative estimate of drug-likeness (QED) is 0.815. The van der Waals surface area contributed by atoms with Crippen LogP contribution in [-0.4, -0.2) is 73.0 Å². The van der Waals surface area contributed by atoms with Crippen LogP contribution in [0.25, 0.3) is 0 Å². The Labute approximate surface area is 161 Å². The van der Waals surface area contributed by atoms with Gasteiger partial charge in [0.15, 0.2) is 0 Å². The van der Waals surface area contributed by atoms with E-state index in [0.717, 1.165) is 44.0 Å². The summed E-state index contributed by atoms with van der Waals surface area (Å²) in [6.45, 7) is 6.71. The molecule has 0 aliphatic carbocycles. The molecular weight excluding hydrogens is 338 g/mol. The normalized spacial score (nSPS) is 18.9. The van der Waals surface area contributed by atoms with Gasteiger partial charge in [0, 0.05) is 38.3 Å². The van der Waals surface area contributed by atoms with Crippen molar-refractivity contribution in [3.8, 4) is 5.75 Å². The molecule has 2 heterocycles. The van der Waals surface area contributed by atoms with Gasteiger partial charge in [0.25, 0.3) is 5.91 Å². The van der Waals surface area contributed by atoms with E-state index in [-0.39, 0.29) is 12.0 Å². The summed E-state index contributed by atoms with van der Waals surface area (Å²) in [6.07, 6.45) is 0.0906. The first-order chi connectivity index (χ1) is 13.2. The third-order valence-corrected chi connectivity index (χ3v) is 5.38. The van der Waals surface area contributed by atoms with Crippen LogP contribution in [0.3, 0.4) is 0 Å². The zero-order valence-electron chi connectivity index (χ0n) is 15.9. The monoisotopic (exact) mass is 365 g/mol. The molecule has 0 radical (unpaired) electrons. The van der Waals surface area contributed by atoms with Gasteiger partial charge in [-0.15, -0.1) is 0 Å². The fraction of sp³-hybridized carbons (Fsp3) is 0.409. The van der Waals surface area contributed by atoms with Crippen molar-refractivity contribution in [3.05, 3.63) is 65.7 Å². The molecule has 0 bridgehead atoms. The molecule has 2 aromatic rings. The maximum absolute atomic E-state index is 12.6. The van der Waals surface area contributed by atoms with Crippen molar-refractivity contribution in [2.45, 2.75) is 12.6 Å². The molecule has 5 heteroatoms. The van der Waals surface area contributed by atoms with Gasteiger partial charge in [-0.3, -0.25) is 9.69 Å². The van der Waals surface area contributed by atoms with Gasteiger partial charge < -0.3 is 14.5 Å². The Kier molecular flexibility index (Phi) is 5.41. The SMILES string of the molecule is CN1CCN(Cc2ccc(C(=O)N3CC(Oc4ccccc4)C3)cc2)CC1. The summed E-state index contributed by atoms with van der Waals surface area (Å²) in [5.74, 6) is 0.955. The standard InChI is InChI=1S/C22H27N3O2/c1-23-11-13-24(14-12-23)15-18-7-9-19(10-8-18)22(26)25-16-21(17-25)27-20-5-3-2-4-6-20/h2-10,21H,11-17H2,1H3. The Morgan fingerprint density at radius 2 is 1.63 bits per heavy atom. The summed E-state index contributed by atoms with van der Waals surface area (Å²) < 4.78 is 5.87. The van der Waals surface area contributed by atoms with E-state index >= 15 is 0 Å². The van der Waals surface area contributed by atoms with E-state index in [1.54, 1.807) is 0 Å². The molecular formula is C22H27N3O2. The molecule has 5 nitrogen and oxygen atoms in total. The second kappa shape index (κ2) is 8.11. The predicted molar refractivity (Wildman–Crippen MR) is 106 cm³/mol. The van der Waals surface area contributed by atoms with Gasteiger partial charge in [0.1, 0.15) is 11.9 Å². The van der Waals surface area contributed by atoms with Gasteiger partial charge in [0.2, 0.25) is 0 Å². The topological polar surface area (TPSA) is 36.0 Å². The lowest BCUT2D eigenvalue weighted by Gasteiger charge is -2.39. The van der Waals surface area contributed by atoms with Crippen LogP contribution in [0.15, 0.2) is 54.6 Å². The number of ether oxygens (including phenoxy) is 1. The van der Waals surface area contributed by atoms with E-state index in [0.29, 0.717) is 13.1 Å². The Morgan fingerprint density at radius 1 is 0.963 bits per heavy atom. The van der Waals surface area contributed by atoms with Gasteiger partial charge in [0.05, 0.1) is 13.1 Å². The minimum atomic E-state index is 0.0906. The molecule has 0 saturated carbocycles. The Bertz CT molecular complexity index is 749. The molecule has 2 aliphatic heterocycles. The average molecular weight is 365 g/mol. The van der Waals surface area contributed by atoms with Crippen molar-refractivity contribution < 1.29 is 9.53 Å². The first kappa shape index (κ1) is 18.0. The highest BCUT2D eigenvalue weighted by atomic mass is 16.5. The van der Waals surface area contributed by atoms with E-state index in [4.69, 9.17) is 4.74 Å². The molecule has 1 amide bonds. The Hall–Kier alpha value is -2.37. The number of rotatable bonds is 5. The Morgan fingerprint density at radius 3 is 2.30 bits per heavy atom. The number of para-hydroxylation sites is 1. The van der Waals surface area contributed by atoms with Gasteiger partial charge in [-0.05, 0) is 36.9 Å². The third-order valence-electron chi connectivity index (χ3n) is 5.38. The molecule has 2 aliphatic rings. The zero-order valence-corrected chi connectivity index (χ0v) is 15.9. The molecule has 2 fully saturated rings. The van der Waals surface area contributed by atoms with Crippen LogP contribution in [-0.2, 0) is 6.54 Å². The van der Waals surface area contributed by atoms with Crippen LogP contribution in [0.2, 0.25) is 0 Å². The van der Waals surface area contributed by atoms with Crippen molar-refractivity contribution in [2.24, 2.45) is 0 Å². The van der Waals surface area contributed by atoms with Crippen LogP contribution in [0, 0.1) is 0 Å². The number of likely N-dealkylation sites (tertiary alicyclic amines) is 1. The minimum Gasteiger partial charge on any atom is -0.487 e. The number of nitrogens with zero attached hydrogens (tertiary/aromatic N) is 3. The summed E-state index contributed by atoms with van der Waals surface area (Å²) in [4.78, 5) is 19.3. The first-order valence-corrected chi connectivity index (χ1v) is 9.68. The molecule has 2 aromatic carbocycles. The number of piperazine rings is 1. The lowest BCUT2D eigenvalue weighted by Crippen LogP contribution is -2.56. The van der Waals surface area contributed by atoms with Crippen molar-refractivity contribution in [1.82, 2.24) is 14.7 Å². The number of benzene rings is 2. The summed E-state index contributed by atoms with van der Waals surface area (Å²) in [5, 5.41) is 0. The van der Waals surface area contributed by atoms with Gasteiger partial charge in [-0.25, -0.2) is 0 Å². The second-order valence-corrected chi connectivity index (χ2v) is 7.54. The number of carbonyl (C=O) groups is 1. The highest BCUT2D eigenvalue weighted by Gasteiger charge is 2.32.